The van der Waals surface area contributed by atoms with Gasteiger partial charge in [0.15, 0.2) is 9.84 Å². The molecule has 2 saturated heterocycles. The minimum Gasteiger partial charge on any atom is -0.463 e. The second-order valence-corrected chi connectivity index (χ2v) is 9.98. The van der Waals surface area contributed by atoms with Crippen molar-refractivity contribution in [3.05, 3.63) is 18.5 Å². The Morgan fingerprint density at radius 3 is 2.58 bits per heavy atom. The highest BCUT2D eigenvalue weighted by Crippen LogP contribution is 2.45. The van der Waals surface area contributed by atoms with Crippen LogP contribution in [0.15, 0.2) is 18.5 Å². The van der Waals surface area contributed by atoms with Crippen LogP contribution in [0.25, 0.3) is 0 Å². The zero-order valence-electron chi connectivity index (χ0n) is 13.9. The fourth-order valence-corrected chi connectivity index (χ4v) is 7.09. The van der Waals surface area contributed by atoms with Crippen molar-refractivity contribution in [1.82, 2.24) is 14.9 Å². The smallest absolute Gasteiger partial charge is 0.316 e. The molecule has 2 aliphatic heterocycles. The quantitative estimate of drug-likeness (QED) is 0.801. The van der Waals surface area contributed by atoms with Crippen molar-refractivity contribution in [2.75, 3.05) is 32.0 Å². The summed E-state index contributed by atoms with van der Waals surface area (Å²) in [5.74, 6) is 1.10. The van der Waals surface area contributed by atoms with Gasteiger partial charge in [-0.3, -0.25) is 4.90 Å². The number of ether oxygens (including phenoxy) is 1. The summed E-state index contributed by atoms with van der Waals surface area (Å²) in [6.07, 6.45) is 9.21. The van der Waals surface area contributed by atoms with Gasteiger partial charge in [0.05, 0.1) is 12.4 Å². The van der Waals surface area contributed by atoms with Crippen molar-refractivity contribution < 1.29 is 13.2 Å². The summed E-state index contributed by atoms with van der Waals surface area (Å²) < 4.78 is 30.4. The van der Waals surface area contributed by atoms with E-state index in [9.17, 15) is 8.42 Å². The van der Waals surface area contributed by atoms with Gasteiger partial charge in [-0.15, -0.1) is 0 Å². The van der Waals surface area contributed by atoms with Crippen molar-refractivity contribution >= 4 is 9.84 Å². The van der Waals surface area contributed by atoms with E-state index in [0.717, 1.165) is 12.5 Å². The summed E-state index contributed by atoms with van der Waals surface area (Å²) in [6, 6.07) is 2.07. The first-order chi connectivity index (χ1) is 11.6. The van der Waals surface area contributed by atoms with E-state index in [1.54, 1.807) is 18.5 Å². The van der Waals surface area contributed by atoms with Crippen LogP contribution in [-0.4, -0.2) is 60.0 Å². The number of likely N-dealkylation sites (tertiary alicyclic amines) is 1. The molecule has 0 amide bonds. The first-order valence-corrected chi connectivity index (χ1v) is 10.6. The van der Waals surface area contributed by atoms with E-state index in [4.69, 9.17) is 4.74 Å². The van der Waals surface area contributed by atoms with Gasteiger partial charge in [-0.05, 0) is 31.2 Å². The lowest BCUT2D eigenvalue weighted by Crippen LogP contribution is -2.68. The predicted molar refractivity (Wildman–Crippen MR) is 90.5 cm³/mol. The SMILES string of the molecule is O=S1(=O)CCC(COc2ncccn2)C12CN(CC1CCCC1)C2. The molecule has 132 valence electrons. The van der Waals surface area contributed by atoms with Gasteiger partial charge in [0.25, 0.3) is 0 Å². The molecule has 1 unspecified atom stereocenters. The highest BCUT2D eigenvalue weighted by atomic mass is 32.2. The summed E-state index contributed by atoms with van der Waals surface area (Å²) in [6.45, 7) is 2.80. The predicted octanol–water partition coefficient (Wildman–Crippen LogP) is 1.53. The number of rotatable bonds is 5. The van der Waals surface area contributed by atoms with Crippen molar-refractivity contribution in [2.45, 2.75) is 36.9 Å². The van der Waals surface area contributed by atoms with Crippen molar-refractivity contribution in [3.8, 4) is 6.01 Å². The third kappa shape index (κ3) is 2.81. The Kier molecular flexibility index (Phi) is 4.24. The molecule has 3 aliphatic rings. The molecule has 0 N–H and O–H groups in total. The second-order valence-electron chi connectivity index (χ2n) is 7.53. The van der Waals surface area contributed by atoms with Gasteiger partial charge in [0.1, 0.15) is 4.75 Å². The Bertz CT molecular complexity index is 668. The zero-order valence-corrected chi connectivity index (χ0v) is 14.7. The van der Waals surface area contributed by atoms with E-state index < -0.39 is 14.6 Å². The van der Waals surface area contributed by atoms with Crippen LogP contribution in [0.5, 0.6) is 6.01 Å². The molecule has 7 heteroatoms. The molecule has 24 heavy (non-hydrogen) atoms. The Morgan fingerprint density at radius 1 is 1.17 bits per heavy atom. The van der Waals surface area contributed by atoms with Gasteiger partial charge in [0, 0.05) is 37.9 Å². The third-order valence-corrected chi connectivity index (χ3v) is 8.63. The van der Waals surface area contributed by atoms with Crippen LogP contribution in [0.2, 0.25) is 0 Å². The molecule has 1 spiro atoms. The first-order valence-electron chi connectivity index (χ1n) is 8.93. The van der Waals surface area contributed by atoms with Crippen LogP contribution in [0.3, 0.4) is 0 Å². The molecule has 3 fully saturated rings. The molecule has 1 atom stereocenters. The van der Waals surface area contributed by atoms with Crippen molar-refractivity contribution in [2.24, 2.45) is 11.8 Å². The molecule has 1 saturated carbocycles. The maximum absolute atomic E-state index is 12.7. The normalized spacial score (nSPS) is 28.9. The standard InChI is InChI=1S/C17H25N3O3S/c21-24(22)9-6-15(11-23-16-18-7-3-8-19-16)17(24)12-20(13-17)10-14-4-1-2-5-14/h3,7-8,14-15H,1-2,4-6,9-13H2. The van der Waals surface area contributed by atoms with E-state index >= 15 is 0 Å². The van der Waals surface area contributed by atoms with E-state index in [1.165, 1.54) is 25.7 Å². The minimum absolute atomic E-state index is 0.0473. The molecule has 1 aromatic heterocycles. The van der Waals surface area contributed by atoms with Crippen molar-refractivity contribution in [1.29, 1.82) is 0 Å². The molecular weight excluding hydrogens is 326 g/mol. The molecule has 1 aromatic rings. The Labute approximate surface area is 143 Å². The number of nitrogens with zero attached hydrogens (tertiary/aromatic N) is 3. The number of hydrogen-bond acceptors (Lipinski definition) is 6. The maximum Gasteiger partial charge on any atom is 0.316 e. The molecule has 1 aliphatic carbocycles. The van der Waals surface area contributed by atoms with Gasteiger partial charge < -0.3 is 4.74 Å². The summed E-state index contributed by atoms with van der Waals surface area (Å²) in [7, 11) is -3.03. The number of hydrogen-bond donors (Lipinski definition) is 0. The average Bonchev–Trinajstić information content (AvgIpc) is 3.13. The maximum atomic E-state index is 12.7. The second kappa shape index (κ2) is 6.26. The van der Waals surface area contributed by atoms with E-state index in [-0.39, 0.29) is 11.7 Å². The van der Waals surface area contributed by atoms with Crippen LogP contribution in [-0.2, 0) is 9.84 Å². The highest BCUT2D eigenvalue weighted by molar-refractivity contribution is 7.93. The van der Waals surface area contributed by atoms with Crippen LogP contribution < -0.4 is 4.74 Å². The largest absolute Gasteiger partial charge is 0.463 e. The Hall–Kier alpha value is -1.21. The lowest BCUT2D eigenvalue weighted by atomic mass is 9.83. The minimum atomic E-state index is -3.03. The van der Waals surface area contributed by atoms with E-state index in [1.807, 2.05) is 0 Å². The fourth-order valence-electron chi connectivity index (χ4n) is 4.64. The summed E-state index contributed by atoms with van der Waals surface area (Å²) in [5, 5.41) is 0. The summed E-state index contributed by atoms with van der Waals surface area (Å²) >= 11 is 0. The van der Waals surface area contributed by atoms with Gasteiger partial charge in [0.2, 0.25) is 0 Å². The molecular formula is C17H25N3O3S. The summed E-state index contributed by atoms with van der Waals surface area (Å²) in [5.41, 5.74) is 0. The van der Waals surface area contributed by atoms with Crippen LogP contribution in [0, 0.1) is 11.8 Å². The zero-order chi connectivity index (χ0) is 16.6. The molecule has 4 rings (SSSR count). The van der Waals surface area contributed by atoms with E-state index in [0.29, 0.717) is 32.1 Å². The van der Waals surface area contributed by atoms with Gasteiger partial charge in [-0.2, -0.15) is 0 Å². The van der Waals surface area contributed by atoms with Crippen LogP contribution in [0.4, 0.5) is 0 Å². The highest BCUT2D eigenvalue weighted by Gasteiger charge is 2.61. The average molecular weight is 351 g/mol. The molecule has 6 nitrogen and oxygen atoms in total. The molecule has 0 radical (unpaired) electrons. The summed E-state index contributed by atoms with van der Waals surface area (Å²) in [4.78, 5) is 10.5. The monoisotopic (exact) mass is 351 g/mol. The van der Waals surface area contributed by atoms with Gasteiger partial charge in [-0.1, -0.05) is 12.8 Å². The molecule has 3 heterocycles. The van der Waals surface area contributed by atoms with Gasteiger partial charge in [-0.25, -0.2) is 18.4 Å². The Balaban J connectivity index is 1.39. The van der Waals surface area contributed by atoms with Crippen LogP contribution >= 0.6 is 0 Å². The van der Waals surface area contributed by atoms with Crippen molar-refractivity contribution in [3.63, 3.8) is 0 Å². The third-order valence-electron chi connectivity index (χ3n) is 6.03. The topological polar surface area (TPSA) is 72.4 Å². The number of sulfone groups is 1. The number of aromatic nitrogens is 2. The van der Waals surface area contributed by atoms with Crippen LogP contribution in [0.1, 0.15) is 32.1 Å². The fraction of sp³-hybridized carbons (Fsp3) is 0.765. The first kappa shape index (κ1) is 16.3. The lowest BCUT2D eigenvalue weighted by molar-refractivity contribution is 0.0514. The molecule has 0 aromatic carbocycles. The Morgan fingerprint density at radius 2 is 1.88 bits per heavy atom. The molecule has 0 bridgehead atoms. The van der Waals surface area contributed by atoms with Gasteiger partial charge >= 0.3 is 6.01 Å². The lowest BCUT2D eigenvalue weighted by Gasteiger charge is -2.50. The van der Waals surface area contributed by atoms with E-state index in [2.05, 4.69) is 14.9 Å².